The number of hydrogen-bond acceptors (Lipinski definition) is 2. The van der Waals surface area contributed by atoms with Gasteiger partial charge in [-0.15, -0.1) is 0 Å². The van der Waals surface area contributed by atoms with Gasteiger partial charge in [0.2, 0.25) is 0 Å². The van der Waals surface area contributed by atoms with Crippen molar-refractivity contribution in [3.63, 3.8) is 0 Å². The third-order valence-electron chi connectivity index (χ3n) is 5.17. The maximum Gasteiger partial charge on any atom is 0.165 e. The van der Waals surface area contributed by atoms with Crippen LogP contribution in [0.15, 0.2) is 12.3 Å². The molecule has 3 heteroatoms. The van der Waals surface area contributed by atoms with Gasteiger partial charge in [-0.1, -0.05) is 13.8 Å². The van der Waals surface area contributed by atoms with E-state index in [0.717, 1.165) is 24.4 Å². The number of carbonyl (C=O) groups is 1. The summed E-state index contributed by atoms with van der Waals surface area (Å²) in [4.78, 5) is 14.8. The normalized spacial score (nSPS) is 25.6. The second-order valence-electron chi connectivity index (χ2n) is 8.01. The van der Waals surface area contributed by atoms with E-state index in [1.165, 1.54) is 25.2 Å². The lowest BCUT2D eigenvalue weighted by Gasteiger charge is -2.30. The summed E-state index contributed by atoms with van der Waals surface area (Å²) in [6.07, 6.45) is 5.14. The molecule has 0 radical (unpaired) electrons. The summed E-state index contributed by atoms with van der Waals surface area (Å²) in [6.45, 7) is 12.5. The van der Waals surface area contributed by atoms with Crippen molar-refractivity contribution in [2.45, 2.75) is 59.5 Å². The van der Waals surface area contributed by atoms with Crippen molar-refractivity contribution in [3.8, 4) is 0 Å². The predicted molar refractivity (Wildman–Crippen MR) is 85.7 cm³/mol. The van der Waals surface area contributed by atoms with Gasteiger partial charge >= 0.3 is 0 Å². The summed E-state index contributed by atoms with van der Waals surface area (Å²) in [5.41, 5.74) is 2.37. The van der Waals surface area contributed by atoms with Crippen LogP contribution in [0.3, 0.4) is 0 Å². The monoisotopic (exact) mass is 288 g/mol. The van der Waals surface area contributed by atoms with Crippen molar-refractivity contribution in [1.82, 2.24) is 9.47 Å². The van der Waals surface area contributed by atoms with E-state index in [4.69, 9.17) is 0 Å². The summed E-state index contributed by atoms with van der Waals surface area (Å²) >= 11 is 0. The van der Waals surface area contributed by atoms with Gasteiger partial charge in [0.15, 0.2) is 5.78 Å². The molecule has 0 saturated carbocycles. The third-order valence-corrected chi connectivity index (χ3v) is 5.17. The molecule has 1 aliphatic carbocycles. The maximum atomic E-state index is 12.3. The molecule has 3 rings (SSSR count). The van der Waals surface area contributed by atoms with Gasteiger partial charge in [-0.25, -0.2) is 0 Å². The average molecular weight is 288 g/mol. The van der Waals surface area contributed by atoms with Crippen LogP contribution in [0, 0.1) is 11.3 Å². The topological polar surface area (TPSA) is 25.2 Å². The van der Waals surface area contributed by atoms with Gasteiger partial charge in [-0.05, 0) is 50.6 Å². The maximum absolute atomic E-state index is 12.3. The molecule has 0 amide bonds. The Morgan fingerprint density at radius 1 is 1.33 bits per heavy atom. The van der Waals surface area contributed by atoms with Crippen LogP contribution in [0.1, 0.15) is 56.6 Å². The summed E-state index contributed by atoms with van der Waals surface area (Å²) in [6, 6.07) is 2.69. The number of rotatable bonds is 3. The quantitative estimate of drug-likeness (QED) is 0.852. The van der Waals surface area contributed by atoms with Crippen LogP contribution >= 0.6 is 0 Å². The Morgan fingerprint density at radius 3 is 2.76 bits per heavy atom. The van der Waals surface area contributed by atoms with E-state index < -0.39 is 0 Å². The first-order valence-corrected chi connectivity index (χ1v) is 8.31. The van der Waals surface area contributed by atoms with Crippen LogP contribution in [0.5, 0.6) is 0 Å². The molecule has 3 nitrogen and oxygen atoms in total. The summed E-state index contributed by atoms with van der Waals surface area (Å²) in [5.74, 6) is 1.05. The van der Waals surface area contributed by atoms with Crippen molar-refractivity contribution in [2.75, 3.05) is 13.1 Å². The molecule has 1 saturated heterocycles. The molecule has 1 fully saturated rings. The minimum atomic E-state index is 0.111. The Labute approximate surface area is 128 Å². The van der Waals surface area contributed by atoms with Crippen LogP contribution < -0.4 is 0 Å². The fraction of sp³-hybridized carbons (Fsp3) is 0.722. The molecule has 0 aromatic carbocycles. The molecule has 2 heterocycles. The van der Waals surface area contributed by atoms with Gasteiger partial charge < -0.3 is 9.47 Å². The molecular formula is C18H28N2O. The van der Waals surface area contributed by atoms with Gasteiger partial charge in [0.25, 0.3) is 0 Å². The molecule has 2 aliphatic rings. The van der Waals surface area contributed by atoms with Crippen molar-refractivity contribution >= 4 is 5.78 Å². The SMILES string of the molecule is CC(C)N1CCC(Cn2ccc3c2CC(C)(C)CC3=O)C1. The number of aromatic nitrogens is 1. The molecule has 0 spiro atoms. The molecule has 1 aliphatic heterocycles. The second kappa shape index (κ2) is 5.28. The Balaban J connectivity index is 1.75. The molecule has 1 aromatic rings. The standard InChI is InChI=1S/C18H28N2O/c1-13(2)19-7-5-14(11-19)12-20-8-6-15-16(20)9-18(3,4)10-17(15)21/h6,8,13-14H,5,7,9-12H2,1-4H3. The van der Waals surface area contributed by atoms with Crippen LogP contribution in [0.25, 0.3) is 0 Å². The van der Waals surface area contributed by atoms with Gasteiger partial charge in [-0.2, -0.15) is 0 Å². The lowest BCUT2D eigenvalue weighted by molar-refractivity contribution is 0.0909. The highest BCUT2D eigenvalue weighted by molar-refractivity contribution is 5.98. The van der Waals surface area contributed by atoms with Crippen molar-refractivity contribution in [2.24, 2.45) is 11.3 Å². The molecule has 1 atom stereocenters. The molecule has 0 N–H and O–H groups in total. The number of nitrogens with zero attached hydrogens (tertiary/aromatic N) is 2. The van der Waals surface area contributed by atoms with E-state index in [9.17, 15) is 4.79 Å². The highest BCUT2D eigenvalue weighted by Gasteiger charge is 2.33. The Kier molecular flexibility index (Phi) is 3.73. The molecule has 1 aromatic heterocycles. The number of hydrogen-bond donors (Lipinski definition) is 0. The summed E-state index contributed by atoms with van der Waals surface area (Å²) < 4.78 is 2.36. The van der Waals surface area contributed by atoms with Crippen LogP contribution in [-0.2, 0) is 13.0 Å². The molecular weight excluding hydrogens is 260 g/mol. The van der Waals surface area contributed by atoms with Crippen LogP contribution in [0.2, 0.25) is 0 Å². The van der Waals surface area contributed by atoms with E-state index in [-0.39, 0.29) is 5.41 Å². The fourth-order valence-corrected chi connectivity index (χ4v) is 3.93. The summed E-state index contributed by atoms with van der Waals surface area (Å²) in [7, 11) is 0. The average Bonchev–Trinajstić information content (AvgIpc) is 2.96. The first-order valence-electron chi connectivity index (χ1n) is 8.31. The molecule has 116 valence electrons. The van der Waals surface area contributed by atoms with E-state index in [2.05, 4.69) is 43.4 Å². The largest absolute Gasteiger partial charge is 0.350 e. The van der Waals surface area contributed by atoms with Gasteiger partial charge in [0, 0.05) is 43.0 Å². The predicted octanol–water partition coefficient (Wildman–Crippen LogP) is 3.37. The zero-order chi connectivity index (χ0) is 15.2. The third kappa shape index (κ3) is 2.94. The van der Waals surface area contributed by atoms with Crippen molar-refractivity contribution in [3.05, 3.63) is 23.5 Å². The zero-order valence-corrected chi connectivity index (χ0v) is 13.9. The number of ketones is 1. The Bertz CT molecular complexity index is 541. The number of carbonyl (C=O) groups excluding carboxylic acids is 1. The number of likely N-dealkylation sites (tertiary alicyclic amines) is 1. The lowest BCUT2D eigenvalue weighted by atomic mass is 9.76. The smallest absolute Gasteiger partial charge is 0.165 e. The van der Waals surface area contributed by atoms with E-state index >= 15 is 0 Å². The van der Waals surface area contributed by atoms with Gasteiger partial charge in [0.05, 0.1) is 0 Å². The Hall–Kier alpha value is -1.09. The zero-order valence-electron chi connectivity index (χ0n) is 13.9. The number of Topliss-reactive ketones (excluding diaryl/α,β-unsaturated/α-hetero) is 1. The van der Waals surface area contributed by atoms with Crippen LogP contribution in [0.4, 0.5) is 0 Å². The highest BCUT2D eigenvalue weighted by Crippen LogP contribution is 2.35. The first-order chi connectivity index (χ1) is 9.85. The summed E-state index contributed by atoms with van der Waals surface area (Å²) in [5, 5.41) is 0. The van der Waals surface area contributed by atoms with Gasteiger partial charge in [0.1, 0.15) is 0 Å². The number of fused-ring (bicyclic) bond motifs is 1. The van der Waals surface area contributed by atoms with Crippen molar-refractivity contribution < 1.29 is 4.79 Å². The van der Waals surface area contributed by atoms with E-state index in [1.807, 2.05) is 6.07 Å². The molecule has 0 bridgehead atoms. The minimum absolute atomic E-state index is 0.111. The van der Waals surface area contributed by atoms with Gasteiger partial charge in [-0.3, -0.25) is 4.79 Å². The Morgan fingerprint density at radius 2 is 2.10 bits per heavy atom. The van der Waals surface area contributed by atoms with E-state index in [1.54, 1.807) is 0 Å². The highest BCUT2D eigenvalue weighted by atomic mass is 16.1. The first kappa shape index (κ1) is 14.8. The van der Waals surface area contributed by atoms with Crippen molar-refractivity contribution in [1.29, 1.82) is 0 Å². The fourth-order valence-electron chi connectivity index (χ4n) is 3.93. The molecule has 21 heavy (non-hydrogen) atoms. The molecule has 1 unspecified atom stereocenters. The second-order valence-corrected chi connectivity index (χ2v) is 8.01. The van der Waals surface area contributed by atoms with Crippen LogP contribution in [-0.4, -0.2) is 34.4 Å². The van der Waals surface area contributed by atoms with E-state index in [0.29, 0.717) is 18.2 Å². The lowest BCUT2D eigenvalue weighted by Crippen LogP contribution is -2.30. The minimum Gasteiger partial charge on any atom is -0.350 e.